The van der Waals surface area contributed by atoms with Gasteiger partial charge >= 0.3 is 11.8 Å². The molecular weight excluding hydrogens is 390 g/mol. The third kappa shape index (κ3) is 5.00. The predicted octanol–water partition coefficient (Wildman–Crippen LogP) is 2.76. The van der Waals surface area contributed by atoms with E-state index in [1.54, 1.807) is 23.0 Å². The summed E-state index contributed by atoms with van der Waals surface area (Å²) in [5.41, 5.74) is 4.18. The smallest absolute Gasteiger partial charge is 0.313 e. The summed E-state index contributed by atoms with van der Waals surface area (Å²) in [4.78, 5) is 27.0. The summed E-state index contributed by atoms with van der Waals surface area (Å²) >= 11 is 0. The van der Waals surface area contributed by atoms with Gasteiger partial charge in [0.25, 0.3) is 0 Å². The van der Waals surface area contributed by atoms with Crippen LogP contribution in [0.15, 0.2) is 67.0 Å². The Hall–Kier alpha value is -3.45. The van der Waals surface area contributed by atoms with Crippen LogP contribution in [0.1, 0.15) is 24.5 Å². The molecule has 7 nitrogen and oxygen atoms in total. The minimum atomic E-state index is -0.661. The topological polar surface area (TPSA) is 79.3 Å². The second-order valence-electron chi connectivity index (χ2n) is 7.71. The molecule has 3 aromatic rings. The molecule has 0 spiro atoms. The highest BCUT2D eigenvalue weighted by molar-refractivity contribution is 6.39. The lowest BCUT2D eigenvalue weighted by Gasteiger charge is -2.35. The van der Waals surface area contributed by atoms with Crippen LogP contribution in [0.2, 0.25) is 0 Å². The van der Waals surface area contributed by atoms with Crippen LogP contribution in [0.5, 0.6) is 0 Å². The third-order valence-corrected chi connectivity index (χ3v) is 5.75. The second kappa shape index (κ2) is 9.57. The van der Waals surface area contributed by atoms with Crippen molar-refractivity contribution >= 4 is 17.5 Å². The summed E-state index contributed by atoms with van der Waals surface area (Å²) in [6.45, 7) is 4.39. The van der Waals surface area contributed by atoms with E-state index in [9.17, 15) is 9.59 Å². The zero-order valence-electron chi connectivity index (χ0n) is 17.6. The van der Waals surface area contributed by atoms with Crippen LogP contribution >= 0.6 is 0 Å². The summed E-state index contributed by atoms with van der Waals surface area (Å²) in [7, 11) is 0. The highest BCUT2D eigenvalue weighted by Crippen LogP contribution is 2.21. The first-order chi connectivity index (χ1) is 15.1. The van der Waals surface area contributed by atoms with Gasteiger partial charge in [0, 0.05) is 43.8 Å². The molecule has 0 saturated heterocycles. The second-order valence-corrected chi connectivity index (χ2v) is 7.71. The van der Waals surface area contributed by atoms with Crippen molar-refractivity contribution in [3.8, 4) is 5.69 Å². The molecule has 2 aromatic carbocycles. The number of rotatable bonds is 6. The Bertz CT molecular complexity index is 1030. The molecular formula is C24H27N5O2. The lowest BCUT2D eigenvalue weighted by atomic mass is 9.98. The van der Waals surface area contributed by atoms with E-state index in [-0.39, 0.29) is 6.04 Å². The van der Waals surface area contributed by atoms with Crippen molar-refractivity contribution in [2.45, 2.75) is 32.4 Å². The molecule has 0 saturated carbocycles. The number of hydrogen-bond donors (Lipinski definition) is 2. The maximum Gasteiger partial charge on any atom is 0.313 e. The van der Waals surface area contributed by atoms with E-state index >= 15 is 0 Å². The summed E-state index contributed by atoms with van der Waals surface area (Å²) in [6, 6.07) is 17.7. The van der Waals surface area contributed by atoms with E-state index in [1.165, 1.54) is 11.1 Å². The number of carbonyl (C=O) groups excluding carboxylic acids is 2. The van der Waals surface area contributed by atoms with E-state index in [0.717, 1.165) is 31.6 Å². The number of nitrogens with zero attached hydrogens (tertiary/aromatic N) is 3. The average Bonchev–Trinajstić information content (AvgIpc) is 3.34. The molecule has 2 amide bonds. The van der Waals surface area contributed by atoms with Crippen LogP contribution in [0, 0.1) is 0 Å². The molecule has 0 aliphatic carbocycles. The summed E-state index contributed by atoms with van der Waals surface area (Å²) < 4.78 is 1.72. The quantitative estimate of drug-likeness (QED) is 0.605. The van der Waals surface area contributed by atoms with Crippen LogP contribution < -0.4 is 10.6 Å². The van der Waals surface area contributed by atoms with Crippen LogP contribution in [0.3, 0.4) is 0 Å². The summed E-state index contributed by atoms with van der Waals surface area (Å²) in [6.07, 6.45) is 5.45. The number of amides is 2. The Morgan fingerprint density at radius 3 is 2.52 bits per heavy atom. The normalized spacial score (nSPS) is 14.5. The number of hydrogen-bond acceptors (Lipinski definition) is 4. The summed E-state index contributed by atoms with van der Waals surface area (Å²) in [5.74, 6) is -1.28. The van der Waals surface area contributed by atoms with Crippen molar-refractivity contribution in [3.63, 3.8) is 0 Å². The van der Waals surface area contributed by atoms with Gasteiger partial charge in [-0.05, 0) is 54.3 Å². The lowest BCUT2D eigenvalue weighted by Crippen LogP contribution is -2.47. The molecule has 0 radical (unpaired) electrons. The van der Waals surface area contributed by atoms with E-state index in [2.05, 4.69) is 51.8 Å². The monoisotopic (exact) mass is 417 g/mol. The van der Waals surface area contributed by atoms with Crippen LogP contribution in [0.4, 0.5) is 5.69 Å². The van der Waals surface area contributed by atoms with Gasteiger partial charge in [0.15, 0.2) is 0 Å². The van der Waals surface area contributed by atoms with Crippen molar-refractivity contribution in [1.29, 1.82) is 0 Å². The maximum atomic E-state index is 12.3. The number of nitrogens with one attached hydrogen (secondary N) is 2. The number of benzene rings is 2. The van der Waals surface area contributed by atoms with Gasteiger partial charge in [-0.2, -0.15) is 5.10 Å². The molecule has 0 bridgehead atoms. The molecule has 1 aliphatic rings. The molecule has 2 N–H and O–H groups in total. The molecule has 1 aromatic heterocycles. The Balaban J connectivity index is 1.29. The molecule has 1 atom stereocenters. The van der Waals surface area contributed by atoms with Crippen molar-refractivity contribution in [2.75, 3.05) is 18.4 Å². The van der Waals surface area contributed by atoms with E-state index in [4.69, 9.17) is 0 Å². The van der Waals surface area contributed by atoms with Crippen molar-refractivity contribution < 1.29 is 9.59 Å². The molecule has 7 heteroatoms. The fourth-order valence-corrected chi connectivity index (χ4v) is 3.96. The predicted molar refractivity (Wildman–Crippen MR) is 120 cm³/mol. The maximum absolute atomic E-state index is 12.3. The fraction of sp³-hybridized carbons (Fsp3) is 0.292. The van der Waals surface area contributed by atoms with E-state index in [1.807, 2.05) is 24.4 Å². The number of fused-ring (bicyclic) bond motifs is 1. The van der Waals surface area contributed by atoms with Gasteiger partial charge in [-0.25, -0.2) is 4.68 Å². The highest BCUT2D eigenvalue weighted by Gasteiger charge is 2.23. The van der Waals surface area contributed by atoms with Gasteiger partial charge in [0.1, 0.15) is 0 Å². The Labute approximate surface area is 182 Å². The number of anilines is 1. The van der Waals surface area contributed by atoms with Gasteiger partial charge in [-0.3, -0.25) is 14.5 Å². The fourth-order valence-electron chi connectivity index (χ4n) is 3.96. The Kier molecular flexibility index (Phi) is 6.43. The van der Waals surface area contributed by atoms with Crippen molar-refractivity contribution in [3.05, 3.63) is 78.1 Å². The zero-order valence-corrected chi connectivity index (χ0v) is 17.6. The first kappa shape index (κ1) is 20.8. The number of aromatic nitrogens is 2. The third-order valence-electron chi connectivity index (χ3n) is 5.75. The first-order valence-electron chi connectivity index (χ1n) is 10.6. The minimum Gasteiger partial charge on any atom is -0.346 e. The van der Waals surface area contributed by atoms with E-state index < -0.39 is 11.8 Å². The first-order valence-corrected chi connectivity index (χ1v) is 10.6. The standard InChI is InChI=1S/C24H27N5O2/c1-2-21(28-15-12-18-6-3-4-7-19(18)17-28)16-25-23(30)24(31)27-20-8-10-22(11-9-20)29-14-5-13-26-29/h3-11,13-14,21H,2,12,15-17H2,1H3,(H,25,30)(H,27,31). The SMILES string of the molecule is CCC(CNC(=O)C(=O)Nc1ccc(-n2cccn2)cc1)N1CCc2ccccc2C1. The molecule has 31 heavy (non-hydrogen) atoms. The van der Waals surface area contributed by atoms with Crippen molar-refractivity contribution in [2.24, 2.45) is 0 Å². The lowest BCUT2D eigenvalue weighted by molar-refractivity contribution is -0.136. The van der Waals surface area contributed by atoms with Gasteiger partial charge in [-0.1, -0.05) is 31.2 Å². The van der Waals surface area contributed by atoms with Gasteiger partial charge in [0.2, 0.25) is 0 Å². The van der Waals surface area contributed by atoms with Crippen LogP contribution in [-0.2, 0) is 22.6 Å². The Morgan fingerprint density at radius 2 is 1.81 bits per heavy atom. The Morgan fingerprint density at radius 1 is 1.03 bits per heavy atom. The van der Waals surface area contributed by atoms with Crippen LogP contribution in [-0.4, -0.2) is 45.6 Å². The van der Waals surface area contributed by atoms with Gasteiger partial charge < -0.3 is 10.6 Å². The van der Waals surface area contributed by atoms with Crippen LogP contribution in [0.25, 0.3) is 5.69 Å². The number of carbonyl (C=O) groups is 2. The van der Waals surface area contributed by atoms with E-state index in [0.29, 0.717) is 12.2 Å². The van der Waals surface area contributed by atoms with Gasteiger partial charge in [-0.15, -0.1) is 0 Å². The molecule has 4 rings (SSSR count). The zero-order chi connectivity index (χ0) is 21.6. The molecule has 0 fully saturated rings. The molecule has 1 aliphatic heterocycles. The summed E-state index contributed by atoms with van der Waals surface area (Å²) in [5, 5.41) is 9.62. The molecule has 1 unspecified atom stereocenters. The largest absolute Gasteiger partial charge is 0.346 e. The minimum absolute atomic E-state index is 0.193. The average molecular weight is 418 g/mol. The molecule has 2 heterocycles. The highest BCUT2D eigenvalue weighted by atomic mass is 16.2. The van der Waals surface area contributed by atoms with Gasteiger partial charge in [0.05, 0.1) is 5.69 Å². The molecule has 160 valence electrons. The van der Waals surface area contributed by atoms with Crippen molar-refractivity contribution in [1.82, 2.24) is 20.0 Å².